The topological polar surface area (TPSA) is 72.2 Å². The fourth-order valence-corrected chi connectivity index (χ4v) is 2.48. The number of hydrogen-bond acceptors (Lipinski definition) is 3. The predicted molar refractivity (Wildman–Crippen MR) is 89.9 cm³/mol. The van der Waals surface area contributed by atoms with Crippen molar-refractivity contribution in [3.8, 4) is 0 Å². The third-order valence-electron chi connectivity index (χ3n) is 3.68. The van der Waals surface area contributed by atoms with Gasteiger partial charge in [0.25, 0.3) is 0 Å². The molecule has 4 heteroatoms. The summed E-state index contributed by atoms with van der Waals surface area (Å²) < 4.78 is 0. The number of rotatable bonds is 8. The van der Waals surface area contributed by atoms with Crippen LogP contribution >= 0.6 is 0 Å². The zero-order valence-electron chi connectivity index (χ0n) is 14.1. The Bertz CT molecular complexity index is 524. The Morgan fingerprint density at radius 3 is 2.45 bits per heavy atom. The quantitative estimate of drug-likeness (QED) is 0.725. The molecular weight excluding hydrogens is 276 g/mol. The van der Waals surface area contributed by atoms with Gasteiger partial charge in [0, 0.05) is 31.0 Å². The second-order valence-corrected chi connectivity index (χ2v) is 6.37. The molecule has 1 amide bonds. The Morgan fingerprint density at radius 2 is 1.86 bits per heavy atom. The molecule has 122 valence electrons. The predicted octanol–water partition coefficient (Wildman–Crippen LogP) is 2.76. The van der Waals surface area contributed by atoms with E-state index in [0.29, 0.717) is 18.0 Å². The van der Waals surface area contributed by atoms with Crippen molar-refractivity contribution in [1.29, 1.82) is 0 Å². The number of hydrogen-bond donors (Lipinski definition) is 2. The lowest BCUT2D eigenvalue weighted by atomic mass is 9.99. The molecule has 0 bridgehead atoms. The molecule has 0 radical (unpaired) electrons. The number of carbonyl (C=O) groups excluding carboxylic acids is 2. The van der Waals surface area contributed by atoms with Crippen LogP contribution in [0.15, 0.2) is 18.2 Å². The highest BCUT2D eigenvalue weighted by Gasteiger charge is 2.15. The summed E-state index contributed by atoms with van der Waals surface area (Å²) in [6.45, 7) is 8.49. The first-order valence-electron chi connectivity index (χ1n) is 7.93. The molecule has 0 fully saturated rings. The van der Waals surface area contributed by atoms with E-state index < -0.39 is 0 Å². The molecule has 0 aliphatic carbocycles. The van der Waals surface area contributed by atoms with Crippen molar-refractivity contribution >= 4 is 11.7 Å². The van der Waals surface area contributed by atoms with Gasteiger partial charge in [-0.2, -0.15) is 0 Å². The van der Waals surface area contributed by atoms with Gasteiger partial charge >= 0.3 is 0 Å². The number of amides is 1. The lowest BCUT2D eigenvalue weighted by molar-refractivity contribution is -0.121. The van der Waals surface area contributed by atoms with E-state index in [1.165, 1.54) is 0 Å². The molecule has 1 aromatic rings. The van der Waals surface area contributed by atoms with E-state index >= 15 is 0 Å². The molecule has 1 atom stereocenters. The zero-order chi connectivity index (χ0) is 16.7. The van der Waals surface area contributed by atoms with Gasteiger partial charge in [-0.3, -0.25) is 9.59 Å². The molecule has 0 aromatic heterocycles. The van der Waals surface area contributed by atoms with E-state index in [1.54, 1.807) is 0 Å². The van der Waals surface area contributed by atoms with Gasteiger partial charge < -0.3 is 11.1 Å². The van der Waals surface area contributed by atoms with E-state index in [9.17, 15) is 9.59 Å². The second kappa shape index (κ2) is 8.69. The number of ketones is 1. The van der Waals surface area contributed by atoms with Gasteiger partial charge in [-0.1, -0.05) is 31.5 Å². The highest BCUT2D eigenvalue weighted by Crippen LogP contribution is 2.14. The summed E-state index contributed by atoms with van der Waals surface area (Å²) in [6, 6.07) is 5.80. The number of carbonyl (C=O) groups is 2. The van der Waals surface area contributed by atoms with E-state index in [4.69, 9.17) is 5.73 Å². The van der Waals surface area contributed by atoms with Crippen LogP contribution in [0.25, 0.3) is 0 Å². The van der Waals surface area contributed by atoms with Crippen LogP contribution in [-0.4, -0.2) is 24.3 Å². The van der Waals surface area contributed by atoms with Crippen molar-refractivity contribution in [2.45, 2.75) is 53.0 Å². The Labute approximate surface area is 133 Å². The summed E-state index contributed by atoms with van der Waals surface area (Å²) in [7, 11) is 0. The molecule has 4 nitrogen and oxygen atoms in total. The minimum Gasteiger partial charge on any atom is -0.352 e. The normalized spacial score (nSPS) is 12.3. The molecule has 0 saturated carbocycles. The smallest absolute Gasteiger partial charge is 0.220 e. The minimum atomic E-state index is -0.102. The lowest BCUT2D eigenvalue weighted by Crippen LogP contribution is -2.41. The van der Waals surface area contributed by atoms with Crippen molar-refractivity contribution in [3.63, 3.8) is 0 Å². The molecule has 0 aliphatic rings. The molecular formula is C18H28N2O2. The van der Waals surface area contributed by atoms with Crippen molar-refractivity contribution in [1.82, 2.24) is 5.32 Å². The van der Waals surface area contributed by atoms with Crippen LogP contribution in [0.4, 0.5) is 0 Å². The molecule has 1 unspecified atom stereocenters. The van der Waals surface area contributed by atoms with Gasteiger partial charge in [0.1, 0.15) is 0 Å². The monoisotopic (exact) mass is 304 g/mol. The van der Waals surface area contributed by atoms with Crippen molar-refractivity contribution < 1.29 is 9.59 Å². The summed E-state index contributed by atoms with van der Waals surface area (Å²) in [6.07, 6.45) is 1.29. The zero-order valence-corrected chi connectivity index (χ0v) is 14.1. The summed E-state index contributed by atoms with van der Waals surface area (Å²) in [5.41, 5.74) is 8.39. The van der Waals surface area contributed by atoms with Crippen LogP contribution in [0.2, 0.25) is 0 Å². The Morgan fingerprint density at radius 1 is 1.18 bits per heavy atom. The van der Waals surface area contributed by atoms with Crippen LogP contribution in [-0.2, 0) is 4.79 Å². The average Bonchev–Trinajstić information content (AvgIpc) is 2.46. The SMILES string of the molecule is Cc1ccc(C)c(C(=O)CCC(=O)NC(CN)CC(C)C)c1. The number of Topliss-reactive ketones (excluding diaryl/α,β-unsaturated/α-hetero) is 1. The van der Waals surface area contributed by atoms with Gasteiger partial charge in [-0.05, 0) is 37.8 Å². The highest BCUT2D eigenvalue weighted by molar-refractivity contribution is 5.99. The summed E-state index contributed by atoms with van der Waals surface area (Å²) in [5, 5.41) is 2.91. The fraction of sp³-hybridized carbons (Fsp3) is 0.556. The van der Waals surface area contributed by atoms with Gasteiger partial charge in [0.15, 0.2) is 5.78 Å². The van der Waals surface area contributed by atoms with Gasteiger partial charge in [-0.25, -0.2) is 0 Å². The molecule has 22 heavy (non-hydrogen) atoms. The maximum absolute atomic E-state index is 12.3. The number of nitrogens with one attached hydrogen (secondary N) is 1. The first-order valence-corrected chi connectivity index (χ1v) is 7.93. The molecule has 0 heterocycles. The van der Waals surface area contributed by atoms with E-state index in [1.807, 2.05) is 32.0 Å². The molecule has 0 aliphatic heterocycles. The van der Waals surface area contributed by atoms with Gasteiger partial charge in [0.2, 0.25) is 5.91 Å². The molecule has 0 spiro atoms. The molecule has 3 N–H and O–H groups in total. The van der Waals surface area contributed by atoms with Crippen molar-refractivity contribution in [2.24, 2.45) is 11.7 Å². The van der Waals surface area contributed by atoms with Gasteiger partial charge in [0.05, 0.1) is 0 Å². The maximum atomic E-state index is 12.3. The van der Waals surface area contributed by atoms with Crippen LogP contribution < -0.4 is 11.1 Å². The molecule has 1 aromatic carbocycles. The standard InChI is InChI=1S/C18H28N2O2/c1-12(2)9-15(11-19)20-18(22)8-7-17(21)16-10-13(3)5-6-14(16)4/h5-6,10,12,15H,7-9,11,19H2,1-4H3,(H,20,22). The number of aryl methyl sites for hydroxylation is 2. The fourth-order valence-electron chi connectivity index (χ4n) is 2.48. The van der Waals surface area contributed by atoms with E-state index in [0.717, 1.165) is 17.5 Å². The number of nitrogens with two attached hydrogens (primary N) is 1. The Kier molecular flexibility index (Phi) is 7.25. The highest BCUT2D eigenvalue weighted by atomic mass is 16.2. The van der Waals surface area contributed by atoms with E-state index in [-0.39, 0.29) is 30.6 Å². The second-order valence-electron chi connectivity index (χ2n) is 6.37. The summed E-state index contributed by atoms with van der Waals surface area (Å²) in [4.78, 5) is 24.2. The average molecular weight is 304 g/mol. The molecule has 1 rings (SSSR count). The van der Waals surface area contributed by atoms with Crippen molar-refractivity contribution in [2.75, 3.05) is 6.54 Å². The van der Waals surface area contributed by atoms with Crippen molar-refractivity contribution in [3.05, 3.63) is 34.9 Å². The first kappa shape index (κ1) is 18.4. The van der Waals surface area contributed by atoms with Crippen LogP contribution in [0.1, 0.15) is 54.6 Å². The van der Waals surface area contributed by atoms with E-state index in [2.05, 4.69) is 19.2 Å². The third-order valence-corrected chi connectivity index (χ3v) is 3.68. The van der Waals surface area contributed by atoms with Crippen LogP contribution in [0.5, 0.6) is 0 Å². The Hall–Kier alpha value is -1.68. The molecule has 0 saturated heterocycles. The minimum absolute atomic E-state index is 0.0108. The summed E-state index contributed by atoms with van der Waals surface area (Å²) >= 11 is 0. The largest absolute Gasteiger partial charge is 0.352 e. The Balaban J connectivity index is 2.53. The third kappa shape index (κ3) is 5.98. The number of benzene rings is 1. The lowest BCUT2D eigenvalue weighted by Gasteiger charge is -2.18. The van der Waals surface area contributed by atoms with Crippen LogP contribution in [0, 0.1) is 19.8 Å². The summed E-state index contributed by atoms with van der Waals surface area (Å²) in [5.74, 6) is 0.393. The van der Waals surface area contributed by atoms with Gasteiger partial charge in [-0.15, -0.1) is 0 Å². The van der Waals surface area contributed by atoms with Crippen LogP contribution in [0.3, 0.4) is 0 Å². The first-order chi connectivity index (χ1) is 10.3. The maximum Gasteiger partial charge on any atom is 0.220 e.